The third kappa shape index (κ3) is 11.1. The molecule has 0 saturated heterocycles. The van der Waals surface area contributed by atoms with Gasteiger partial charge < -0.3 is 61.6 Å². The highest BCUT2D eigenvalue weighted by Gasteiger charge is 2.51. The van der Waals surface area contributed by atoms with Crippen molar-refractivity contribution in [3.63, 3.8) is 0 Å². The van der Waals surface area contributed by atoms with Gasteiger partial charge in [-0.15, -0.1) is 0 Å². The summed E-state index contributed by atoms with van der Waals surface area (Å²) < 4.78 is 0. The predicted octanol–water partition coefficient (Wildman–Crippen LogP) is 1.55. The number of aromatic amines is 1. The number of likely N-dealkylation sites (N-methyl/N-ethyl adjacent to an activating group) is 2. The second-order valence-corrected chi connectivity index (χ2v) is 17.3. The molecule has 18 heteroatoms. The van der Waals surface area contributed by atoms with Crippen LogP contribution in [0.4, 0.5) is 5.69 Å². The van der Waals surface area contributed by atoms with Crippen molar-refractivity contribution in [1.29, 1.82) is 0 Å². The van der Waals surface area contributed by atoms with Gasteiger partial charge in [0.15, 0.2) is 0 Å². The molecule has 1 heterocycles. The van der Waals surface area contributed by atoms with E-state index in [0.29, 0.717) is 17.6 Å². The SMILES string of the molecule is CN(C(=O)[C@H](Cc1ccccc1)NC(=O)c1cc2nc[nH]c2cc1C(=O)NCC12CC3CC(CC(C3)C1)C2)c1cc(C(=O)O)cc(C(=O)O)c1.CNC[C@H](O)[C@@H](O)[C@H](O)[C@H](O)CO. The summed E-state index contributed by atoms with van der Waals surface area (Å²) in [4.78, 5) is 74.1. The first-order valence-corrected chi connectivity index (χ1v) is 21.0. The number of benzene rings is 3. The van der Waals surface area contributed by atoms with Gasteiger partial charge in [0.25, 0.3) is 11.8 Å². The van der Waals surface area contributed by atoms with Crippen LogP contribution in [-0.4, -0.2) is 140 Å². The van der Waals surface area contributed by atoms with Crippen molar-refractivity contribution in [1.82, 2.24) is 25.9 Å². The lowest BCUT2D eigenvalue weighted by atomic mass is 9.49. The fourth-order valence-electron chi connectivity index (χ4n) is 9.82. The zero-order valence-electron chi connectivity index (χ0n) is 35.1. The summed E-state index contributed by atoms with van der Waals surface area (Å²) >= 11 is 0. The van der Waals surface area contributed by atoms with E-state index in [2.05, 4.69) is 25.9 Å². The van der Waals surface area contributed by atoms with E-state index in [-0.39, 0.29) is 52.2 Å². The van der Waals surface area contributed by atoms with Crippen LogP contribution >= 0.6 is 0 Å². The van der Waals surface area contributed by atoms with E-state index < -0.39 is 60.8 Å². The number of nitrogens with zero attached hydrogens (tertiary/aromatic N) is 2. The molecule has 4 bridgehead atoms. The van der Waals surface area contributed by atoms with Crippen molar-refractivity contribution < 1.29 is 59.7 Å². The third-order valence-electron chi connectivity index (χ3n) is 12.6. The Morgan fingerprint density at radius 1 is 0.810 bits per heavy atom. The Morgan fingerprint density at radius 2 is 1.38 bits per heavy atom. The van der Waals surface area contributed by atoms with E-state index >= 15 is 0 Å². The van der Waals surface area contributed by atoms with Gasteiger partial charge in [-0.25, -0.2) is 14.6 Å². The van der Waals surface area contributed by atoms with Crippen LogP contribution in [0.1, 0.15) is 85.5 Å². The summed E-state index contributed by atoms with van der Waals surface area (Å²) in [5.41, 5.74) is 1.52. The Kier molecular flexibility index (Phi) is 15.0. The number of carboxylic acid groups (broad SMARTS) is 2. The molecule has 1 aromatic heterocycles. The number of hydrogen-bond donors (Lipinski definition) is 11. The number of carbonyl (C=O) groups is 5. The lowest BCUT2D eigenvalue weighted by Gasteiger charge is -2.56. The second kappa shape index (κ2) is 20.2. The number of hydrogen-bond acceptors (Lipinski definition) is 12. The van der Waals surface area contributed by atoms with Crippen LogP contribution in [0.3, 0.4) is 0 Å². The summed E-state index contributed by atoms with van der Waals surface area (Å²) in [5.74, 6) is -2.20. The topological polar surface area (TPSA) is 295 Å². The molecule has 8 rings (SSSR count). The zero-order valence-corrected chi connectivity index (χ0v) is 35.1. The number of fused-ring (bicyclic) bond motifs is 1. The van der Waals surface area contributed by atoms with E-state index in [1.54, 1.807) is 37.4 Å². The van der Waals surface area contributed by atoms with Crippen molar-refractivity contribution in [3.8, 4) is 0 Å². The van der Waals surface area contributed by atoms with Gasteiger partial charge in [-0.3, -0.25) is 14.4 Å². The lowest BCUT2D eigenvalue weighted by Crippen LogP contribution is -2.51. The Hall–Kier alpha value is -5.76. The number of carboxylic acids is 2. The summed E-state index contributed by atoms with van der Waals surface area (Å²) in [5, 5.41) is 72.7. The van der Waals surface area contributed by atoms with Gasteiger partial charge in [0.05, 0.1) is 52.3 Å². The number of anilines is 1. The summed E-state index contributed by atoms with van der Waals surface area (Å²) in [7, 11) is 2.96. The first kappa shape index (κ1) is 46.7. The van der Waals surface area contributed by atoms with Gasteiger partial charge in [-0.1, -0.05) is 30.3 Å². The first-order valence-electron chi connectivity index (χ1n) is 21.0. The number of rotatable bonds is 17. The van der Waals surface area contributed by atoms with E-state index in [1.807, 2.05) is 6.07 Å². The van der Waals surface area contributed by atoms with Crippen LogP contribution in [0.2, 0.25) is 0 Å². The number of nitrogens with one attached hydrogen (secondary N) is 4. The molecule has 4 aliphatic rings. The molecule has 3 aromatic carbocycles. The average Bonchev–Trinajstić information content (AvgIpc) is 3.74. The Labute approximate surface area is 363 Å². The molecule has 4 fully saturated rings. The summed E-state index contributed by atoms with van der Waals surface area (Å²) in [6.45, 7) is -0.0219. The van der Waals surface area contributed by atoms with Crippen molar-refractivity contribution >= 4 is 46.4 Å². The molecular formula is C45H56N6O12. The van der Waals surface area contributed by atoms with Crippen LogP contribution in [0.25, 0.3) is 11.0 Å². The number of aromatic nitrogens is 2. The van der Waals surface area contributed by atoms with Crippen molar-refractivity contribution in [3.05, 3.63) is 94.8 Å². The zero-order chi connectivity index (χ0) is 45.6. The van der Waals surface area contributed by atoms with Gasteiger partial charge in [0, 0.05) is 32.2 Å². The molecule has 0 spiro atoms. The number of aliphatic hydroxyl groups excluding tert-OH is 5. The molecule has 4 saturated carbocycles. The fourth-order valence-corrected chi connectivity index (χ4v) is 9.82. The van der Waals surface area contributed by atoms with Crippen LogP contribution in [0, 0.1) is 23.2 Å². The maximum absolute atomic E-state index is 14.2. The predicted molar refractivity (Wildman–Crippen MR) is 229 cm³/mol. The van der Waals surface area contributed by atoms with Crippen molar-refractivity contribution in [2.45, 2.75) is 75.4 Å². The second-order valence-electron chi connectivity index (χ2n) is 17.3. The number of aliphatic hydroxyl groups is 5. The van der Waals surface area contributed by atoms with E-state index in [9.17, 15) is 39.3 Å². The highest BCUT2D eigenvalue weighted by molar-refractivity contribution is 6.11. The fraction of sp³-hybridized carbons (Fsp3) is 0.467. The van der Waals surface area contributed by atoms with Crippen molar-refractivity contribution in [2.75, 3.05) is 38.7 Å². The molecule has 0 radical (unpaired) electrons. The molecule has 11 N–H and O–H groups in total. The maximum Gasteiger partial charge on any atom is 0.335 e. The molecule has 338 valence electrons. The average molecular weight is 873 g/mol. The summed E-state index contributed by atoms with van der Waals surface area (Å²) in [6.07, 6.45) is 3.12. The molecule has 5 atom stereocenters. The van der Waals surface area contributed by atoms with E-state index in [0.717, 1.165) is 53.5 Å². The normalized spacial score (nSPS) is 22.2. The number of H-pyrrole nitrogens is 1. The van der Waals surface area contributed by atoms with Gasteiger partial charge in [-0.2, -0.15) is 0 Å². The Morgan fingerprint density at radius 3 is 1.94 bits per heavy atom. The number of carbonyl (C=O) groups excluding carboxylic acids is 3. The van der Waals surface area contributed by atoms with Crippen LogP contribution in [0.15, 0.2) is 67.0 Å². The number of imidazole rings is 1. The number of amides is 3. The molecule has 18 nitrogen and oxygen atoms in total. The quantitative estimate of drug-likeness (QED) is 0.0718. The van der Waals surface area contributed by atoms with Gasteiger partial charge in [0.1, 0.15) is 24.4 Å². The molecule has 4 aromatic rings. The Bertz CT molecular complexity index is 2220. The molecule has 0 unspecified atom stereocenters. The van der Waals surface area contributed by atoms with Gasteiger partial charge in [-0.05, 0) is 105 Å². The highest BCUT2D eigenvalue weighted by Crippen LogP contribution is 2.59. The minimum Gasteiger partial charge on any atom is -0.478 e. The van der Waals surface area contributed by atoms with Crippen LogP contribution in [0.5, 0.6) is 0 Å². The first-order chi connectivity index (χ1) is 30.0. The Balaban J connectivity index is 0.000000442. The number of aromatic carboxylic acids is 2. The monoisotopic (exact) mass is 872 g/mol. The van der Waals surface area contributed by atoms with Gasteiger partial charge >= 0.3 is 11.9 Å². The van der Waals surface area contributed by atoms with Crippen LogP contribution in [-0.2, 0) is 11.2 Å². The maximum atomic E-state index is 14.2. The molecular weight excluding hydrogens is 817 g/mol. The smallest absolute Gasteiger partial charge is 0.335 e. The van der Waals surface area contributed by atoms with E-state index in [1.165, 1.54) is 50.8 Å². The minimum absolute atomic E-state index is 0.0299. The summed E-state index contributed by atoms with van der Waals surface area (Å²) in [6, 6.07) is 14.4. The highest BCUT2D eigenvalue weighted by atomic mass is 16.4. The van der Waals surface area contributed by atoms with E-state index in [4.69, 9.17) is 20.4 Å². The third-order valence-corrected chi connectivity index (χ3v) is 12.6. The van der Waals surface area contributed by atoms with Crippen LogP contribution < -0.4 is 20.9 Å². The molecule has 4 aliphatic carbocycles. The largest absolute Gasteiger partial charge is 0.478 e. The lowest BCUT2D eigenvalue weighted by molar-refractivity contribution is -0.120. The minimum atomic E-state index is -1.55. The standard InChI is InChI=1S/C38H39N5O7.C7H17NO5/c1-43(27-12-25(36(47)48)11-26(13-27)37(49)50)35(46)32(10-21-5-3-2-4-6-21)42-34(45)29-15-31-30(40-20-41-31)14-28(29)33(44)39-19-38-16-22-7-23(17-38)9-24(8-22)18-38;1-8-2-4(10)6(12)7(13)5(11)3-9/h2-6,11-15,20,22-24,32H,7-10,16-19H2,1H3,(H,39,44)(H,40,41)(H,42,45)(H,47,48)(H,49,50);4-13H,2-3H2,1H3/t22?,23?,24?,32-,38?;4-,5+,6+,7+/m00/s1. The molecule has 3 amide bonds. The molecule has 63 heavy (non-hydrogen) atoms. The van der Waals surface area contributed by atoms with Crippen molar-refractivity contribution in [2.24, 2.45) is 23.2 Å². The van der Waals surface area contributed by atoms with Gasteiger partial charge in [0.2, 0.25) is 5.91 Å². The molecule has 0 aliphatic heterocycles.